The van der Waals surface area contributed by atoms with Crippen molar-refractivity contribution in [3.8, 4) is 0 Å². The van der Waals surface area contributed by atoms with E-state index in [1.807, 2.05) is 24.8 Å². The largest absolute Gasteiger partial charge is 0.390 e. The number of nitrogens with zero attached hydrogens (tertiary/aromatic N) is 1. The van der Waals surface area contributed by atoms with Gasteiger partial charge in [0.05, 0.1) is 6.42 Å². The van der Waals surface area contributed by atoms with Crippen LogP contribution in [0.2, 0.25) is 0 Å². The van der Waals surface area contributed by atoms with Crippen LogP contribution in [-0.2, 0) is 4.79 Å². The molecule has 0 aromatic carbocycles. The molecule has 1 unspecified atom stereocenters. The summed E-state index contributed by atoms with van der Waals surface area (Å²) in [6.45, 7) is 5.91. The van der Waals surface area contributed by atoms with Crippen molar-refractivity contribution >= 4 is 5.91 Å². The van der Waals surface area contributed by atoms with Crippen LogP contribution in [0.5, 0.6) is 0 Å². The minimum atomic E-state index is -4.13. The number of amides is 1. The summed E-state index contributed by atoms with van der Waals surface area (Å²) in [5.41, 5.74) is 2.20. The number of alkyl halides is 3. The van der Waals surface area contributed by atoms with Crippen LogP contribution < -0.4 is 10.6 Å². The molecule has 142 valence electrons. The summed E-state index contributed by atoms with van der Waals surface area (Å²) in [6.07, 6.45) is 1.26. The van der Waals surface area contributed by atoms with Gasteiger partial charge in [0, 0.05) is 43.8 Å². The number of hydrogen-bond acceptors (Lipinski definition) is 3. The normalized spacial score (nSPS) is 23.7. The molecule has 2 N–H and O–H groups in total. The second-order valence-electron chi connectivity index (χ2n) is 6.81. The number of likely N-dealkylation sites (N-methyl/N-ethyl adjacent to an activating group) is 1. The number of allylic oxidation sites excluding steroid dienone is 1. The number of carbonyl (C=O) groups excluding carboxylic acids is 1. The molecule has 2 atom stereocenters. The van der Waals surface area contributed by atoms with E-state index in [0.717, 1.165) is 30.7 Å². The molecule has 0 spiro atoms. The summed E-state index contributed by atoms with van der Waals surface area (Å²) in [4.78, 5) is 14.6. The SMILES string of the molecule is CCN(CC1=C(C)NCC=C1)C(=O)[C@H]1CCC(NCCC(F)(F)F)C1. The number of halogens is 3. The van der Waals surface area contributed by atoms with Crippen molar-refractivity contribution in [1.29, 1.82) is 0 Å². The van der Waals surface area contributed by atoms with Crippen LogP contribution in [0.25, 0.3) is 0 Å². The second kappa shape index (κ2) is 8.74. The number of dihydropyridines is 1. The fourth-order valence-corrected chi connectivity index (χ4v) is 3.44. The maximum atomic E-state index is 12.8. The topological polar surface area (TPSA) is 44.4 Å². The summed E-state index contributed by atoms with van der Waals surface area (Å²) in [5.74, 6) is 0.0201. The second-order valence-corrected chi connectivity index (χ2v) is 6.81. The van der Waals surface area contributed by atoms with Crippen LogP contribution in [-0.4, -0.2) is 49.2 Å². The molecule has 0 saturated heterocycles. The Balaban J connectivity index is 1.84. The average molecular weight is 359 g/mol. The van der Waals surface area contributed by atoms with Crippen LogP contribution in [0.15, 0.2) is 23.4 Å². The van der Waals surface area contributed by atoms with Gasteiger partial charge >= 0.3 is 6.18 Å². The predicted molar refractivity (Wildman–Crippen MR) is 91.9 cm³/mol. The van der Waals surface area contributed by atoms with E-state index < -0.39 is 12.6 Å². The Morgan fingerprint density at radius 3 is 2.80 bits per heavy atom. The highest BCUT2D eigenvalue weighted by molar-refractivity contribution is 5.79. The first-order chi connectivity index (χ1) is 11.8. The van der Waals surface area contributed by atoms with Gasteiger partial charge in [-0.3, -0.25) is 4.79 Å². The molecular formula is C18H28F3N3O. The predicted octanol–water partition coefficient (Wildman–Crippen LogP) is 2.98. The third-order valence-electron chi connectivity index (χ3n) is 4.96. The van der Waals surface area contributed by atoms with Crippen molar-refractivity contribution in [1.82, 2.24) is 15.5 Å². The van der Waals surface area contributed by atoms with Crippen LogP contribution >= 0.6 is 0 Å². The molecule has 1 aliphatic heterocycles. The van der Waals surface area contributed by atoms with E-state index in [-0.39, 0.29) is 24.4 Å². The summed E-state index contributed by atoms with van der Waals surface area (Å²) in [6, 6.07) is 0.00667. The highest BCUT2D eigenvalue weighted by atomic mass is 19.4. The summed E-state index contributed by atoms with van der Waals surface area (Å²) in [7, 11) is 0. The zero-order valence-corrected chi connectivity index (χ0v) is 15.0. The molecule has 4 nitrogen and oxygen atoms in total. The molecule has 7 heteroatoms. The lowest BCUT2D eigenvalue weighted by Gasteiger charge is -2.27. The zero-order chi connectivity index (χ0) is 18.4. The maximum Gasteiger partial charge on any atom is 0.390 e. The Bertz CT molecular complexity index is 528. The molecular weight excluding hydrogens is 331 g/mol. The van der Waals surface area contributed by atoms with Gasteiger partial charge in [0.2, 0.25) is 5.91 Å². The minimum absolute atomic E-state index is 0.00667. The van der Waals surface area contributed by atoms with Gasteiger partial charge in [0.25, 0.3) is 0 Å². The van der Waals surface area contributed by atoms with Crippen molar-refractivity contribution in [2.75, 3.05) is 26.2 Å². The monoisotopic (exact) mass is 359 g/mol. The summed E-state index contributed by atoms with van der Waals surface area (Å²) < 4.78 is 36.7. The fourth-order valence-electron chi connectivity index (χ4n) is 3.44. The van der Waals surface area contributed by atoms with E-state index in [1.165, 1.54) is 0 Å². The Kier molecular flexibility index (Phi) is 6.93. The van der Waals surface area contributed by atoms with E-state index in [9.17, 15) is 18.0 Å². The number of rotatable bonds is 7. The quantitative estimate of drug-likeness (QED) is 0.735. The Hall–Kier alpha value is -1.50. The maximum absolute atomic E-state index is 12.8. The molecule has 2 aliphatic rings. The lowest BCUT2D eigenvalue weighted by Crippen LogP contribution is -2.38. The van der Waals surface area contributed by atoms with Crippen LogP contribution in [0.4, 0.5) is 13.2 Å². The Labute approximate surface area is 147 Å². The van der Waals surface area contributed by atoms with E-state index >= 15 is 0 Å². The third kappa shape index (κ3) is 6.06. The smallest absolute Gasteiger partial charge is 0.385 e. The summed E-state index contributed by atoms with van der Waals surface area (Å²) in [5, 5.41) is 6.21. The summed E-state index contributed by atoms with van der Waals surface area (Å²) >= 11 is 0. The molecule has 0 aromatic heterocycles. The lowest BCUT2D eigenvalue weighted by atomic mass is 10.0. The van der Waals surface area contributed by atoms with Gasteiger partial charge in [-0.15, -0.1) is 0 Å². The van der Waals surface area contributed by atoms with Gasteiger partial charge in [0.15, 0.2) is 0 Å². The van der Waals surface area contributed by atoms with Crippen molar-refractivity contribution in [3.05, 3.63) is 23.4 Å². The number of nitrogens with one attached hydrogen (secondary N) is 2. The number of hydrogen-bond donors (Lipinski definition) is 2. The van der Waals surface area contributed by atoms with Gasteiger partial charge in [-0.1, -0.05) is 12.2 Å². The Morgan fingerprint density at radius 1 is 1.40 bits per heavy atom. The highest BCUT2D eigenvalue weighted by Gasteiger charge is 2.33. The number of carbonyl (C=O) groups is 1. The molecule has 1 heterocycles. The first kappa shape index (κ1) is 19.8. The van der Waals surface area contributed by atoms with Crippen molar-refractivity contribution in [3.63, 3.8) is 0 Å². The molecule has 2 rings (SSSR count). The van der Waals surface area contributed by atoms with Gasteiger partial charge in [-0.2, -0.15) is 13.2 Å². The zero-order valence-electron chi connectivity index (χ0n) is 15.0. The van der Waals surface area contributed by atoms with E-state index in [1.54, 1.807) is 0 Å². The van der Waals surface area contributed by atoms with E-state index in [4.69, 9.17) is 0 Å². The van der Waals surface area contributed by atoms with Gasteiger partial charge in [-0.05, 0) is 38.7 Å². The molecule has 1 aliphatic carbocycles. The van der Waals surface area contributed by atoms with E-state index in [2.05, 4.69) is 16.7 Å². The molecule has 1 saturated carbocycles. The van der Waals surface area contributed by atoms with Gasteiger partial charge in [-0.25, -0.2) is 0 Å². The molecule has 1 fully saturated rings. The van der Waals surface area contributed by atoms with Crippen molar-refractivity contribution in [2.24, 2.45) is 5.92 Å². The first-order valence-electron chi connectivity index (χ1n) is 8.99. The third-order valence-corrected chi connectivity index (χ3v) is 4.96. The molecule has 1 amide bonds. The van der Waals surface area contributed by atoms with E-state index in [0.29, 0.717) is 19.5 Å². The Morgan fingerprint density at radius 2 is 2.16 bits per heavy atom. The van der Waals surface area contributed by atoms with Crippen molar-refractivity contribution in [2.45, 2.75) is 51.7 Å². The van der Waals surface area contributed by atoms with Crippen LogP contribution in [0.1, 0.15) is 39.5 Å². The fraction of sp³-hybridized carbons (Fsp3) is 0.722. The molecule has 25 heavy (non-hydrogen) atoms. The standard InChI is InChI=1S/C18H28F3N3O/c1-3-24(12-15-5-4-9-22-13(15)2)17(25)14-6-7-16(11-14)23-10-8-18(19,20)21/h4-5,14,16,22-23H,3,6-12H2,1-2H3/t14-,16?/m0/s1. The molecule has 0 bridgehead atoms. The van der Waals surface area contributed by atoms with Crippen LogP contribution in [0, 0.1) is 5.92 Å². The minimum Gasteiger partial charge on any atom is -0.385 e. The first-order valence-corrected chi connectivity index (χ1v) is 8.99. The highest BCUT2D eigenvalue weighted by Crippen LogP contribution is 2.28. The average Bonchev–Trinajstić information content (AvgIpc) is 3.01. The van der Waals surface area contributed by atoms with Gasteiger partial charge in [0.1, 0.15) is 0 Å². The van der Waals surface area contributed by atoms with Crippen molar-refractivity contribution < 1.29 is 18.0 Å². The van der Waals surface area contributed by atoms with Crippen LogP contribution in [0.3, 0.4) is 0 Å². The molecule has 0 aromatic rings. The molecule has 0 radical (unpaired) electrons. The lowest BCUT2D eigenvalue weighted by molar-refractivity contribution is -0.135. The van der Waals surface area contributed by atoms with Gasteiger partial charge < -0.3 is 15.5 Å².